The first-order chi connectivity index (χ1) is 17.4. The van der Waals surface area contributed by atoms with Crippen LogP contribution in [0.1, 0.15) is 37.4 Å². The van der Waals surface area contributed by atoms with Gasteiger partial charge in [0.1, 0.15) is 5.75 Å². The number of pyridine rings is 1. The molecule has 1 aliphatic rings. The lowest BCUT2D eigenvalue weighted by Crippen LogP contribution is -2.42. The molecule has 4 rings (SSSR count). The van der Waals surface area contributed by atoms with Gasteiger partial charge in [-0.2, -0.15) is 0 Å². The summed E-state index contributed by atoms with van der Waals surface area (Å²) in [6.45, 7) is 2.60. The van der Waals surface area contributed by atoms with Gasteiger partial charge in [-0.15, -0.1) is 11.8 Å². The van der Waals surface area contributed by atoms with E-state index in [0.29, 0.717) is 6.42 Å². The lowest BCUT2D eigenvalue weighted by molar-refractivity contribution is -0.139. The Hall–Kier alpha value is -2.32. The van der Waals surface area contributed by atoms with Crippen molar-refractivity contribution in [3.05, 3.63) is 65.3 Å². The number of aliphatic carboxylic acids is 1. The minimum Gasteiger partial charge on any atom is -0.497 e. The number of carboxylic acids is 1. The van der Waals surface area contributed by atoms with Gasteiger partial charge in [0.25, 0.3) is 0 Å². The summed E-state index contributed by atoms with van der Waals surface area (Å²) in [5, 5.41) is 22.3. The topological polar surface area (TPSA) is 82.9 Å². The molecule has 2 N–H and O–H groups in total. The molecular weight excluding hydrogens is 496 g/mol. The molecule has 0 radical (unpaired) electrons. The van der Waals surface area contributed by atoms with E-state index in [4.69, 9.17) is 16.3 Å². The molecule has 1 aromatic heterocycles. The van der Waals surface area contributed by atoms with Gasteiger partial charge in [-0.1, -0.05) is 23.7 Å². The van der Waals surface area contributed by atoms with Gasteiger partial charge < -0.3 is 19.8 Å². The van der Waals surface area contributed by atoms with Gasteiger partial charge >= 0.3 is 5.97 Å². The maximum atomic E-state index is 11.6. The number of likely N-dealkylation sites (tertiary alicyclic amines) is 1. The standard InChI is InChI=1S/C28H33ClN2O4S/c1-35-21-7-8-25-23(17-21)22(10-12-30-25)26(32)9-6-19-11-13-31(18-20(19)16-28(33)34)14-15-36-27-5-3-2-4-24(27)29/h2-5,7-8,10,12,17,19-20,26,32H,6,9,11,13-16,18H2,1H3,(H,33,34)/t19-,20+,26-/m1/s1. The highest BCUT2D eigenvalue weighted by molar-refractivity contribution is 7.99. The first-order valence-electron chi connectivity index (χ1n) is 12.4. The van der Waals surface area contributed by atoms with Gasteiger partial charge in [-0.25, -0.2) is 0 Å². The van der Waals surface area contributed by atoms with E-state index in [2.05, 4.69) is 9.88 Å². The molecule has 2 heterocycles. The van der Waals surface area contributed by atoms with Gasteiger partial charge in [0.2, 0.25) is 0 Å². The number of fused-ring (bicyclic) bond motifs is 1. The van der Waals surface area contributed by atoms with Crippen LogP contribution in [0.2, 0.25) is 5.02 Å². The molecule has 0 bridgehead atoms. The van der Waals surface area contributed by atoms with Crippen molar-refractivity contribution in [2.45, 2.75) is 36.7 Å². The van der Waals surface area contributed by atoms with Crippen LogP contribution in [0.4, 0.5) is 0 Å². The lowest BCUT2D eigenvalue weighted by atomic mass is 9.79. The molecule has 1 saturated heterocycles. The van der Waals surface area contributed by atoms with E-state index in [-0.39, 0.29) is 18.3 Å². The van der Waals surface area contributed by atoms with Crippen molar-refractivity contribution in [1.29, 1.82) is 0 Å². The predicted octanol–water partition coefficient (Wildman–Crippen LogP) is 5.92. The number of aliphatic hydroxyl groups is 1. The molecule has 8 heteroatoms. The van der Waals surface area contributed by atoms with Gasteiger partial charge in [-0.3, -0.25) is 9.78 Å². The number of piperidine rings is 1. The highest BCUT2D eigenvalue weighted by Crippen LogP contribution is 2.35. The summed E-state index contributed by atoms with van der Waals surface area (Å²) in [7, 11) is 1.62. The summed E-state index contributed by atoms with van der Waals surface area (Å²) in [5.41, 5.74) is 1.65. The fraction of sp³-hybridized carbons (Fsp3) is 0.429. The minimum atomic E-state index is -0.759. The normalized spacial score (nSPS) is 19.3. The summed E-state index contributed by atoms with van der Waals surface area (Å²) in [4.78, 5) is 19.5. The minimum absolute atomic E-state index is 0.0723. The maximum absolute atomic E-state index is 11.6. The number of methoxy groups -OCH3 is 1. The van der Waals surface area contributed by atoms with E-state index < -0.39 is 12.1 Å². The molecule has 1 aliphatic heterocycles. The fourth-order valence-electron chi connectivity index (χ4n) is 5.13. The van der Waals surface area contributed by atoms with Crippen LogP contribution in [0.25, 0.3) is 10.9 Å². The van der Waals surface area contributed by atoms with Crippen LogP contribution in [0.15, 0.2) is 59.6 Å². The van der Waals surface area contributed by atoms with Crippen molar-refractivity contribution in [2.24, 2.45) is 11.8 Å². The Bertz CT molecular complexity index is 1180. The second-order valence-electron chi connectivity index (χ2n) is 9.36. The Balaban J connectivity index is 1.35. The smallest absolute Gasteiger partial charge is 0.303 e. The van der Waals surface area contributed by atoms with Crippen molar-refractivity contribution < 1.29 is 19.7 Å². The van der Waals surface area contributed by atoms with Crippen LogP contribution in [0.3, 0.4) is 0 Å². The SMILES string of the molecule is COc1ccc2nccc([C@H](O)CC[C@@H]3CCN(CCSc4ccccc4Cl)C[C@@H]3CC(=O)O)c2c1. The molecular formula is C28H33ClN2O4S. The number of aromatic nitrogens is 1. The number of hydrogen-bond acceptors (Lipinski definition) is 6. The molecule has 192 valence electrons. The average molecular weight is 529 g/mol. The number of nitrogens with zero attached hydrogens (tertiary/aromatic N) is 2. The van der Waals surface area contributed by atoms with Crippen LogP contribution in [0, 0.1) is 11.8 Å². The zero-order valence-electron chi connectivity index (χ0n) is 20.5. The Morgan fingerprint density at radius 3 is 2.86 bits per heavy atom. The van der Waals surface area contributed by atoms with Crippen LogP contribution >= 0.6 is 23.4 Å². The summed E-state index contributed by atoms with van der Waals surface area (Å²) < 4.78 is 5.35. The average Bonchev–Trinajstić information content (AvgIpc) is 2.88. The Morgan fingerprint density at radius 1 is 1.25 bits per heavy atom. The number of thioether (sulfide) groups is 1. The van der Waals surface area contributed by atoms with Crippen molar-refractivity contribution >= 4 is 40.2 Å². The zero-order chi connectivity index (χ0) is 25.5. The van der Waals surface area contributed by atoms with E-state index in [1.165, 1.54) is 0 Å². The molecule has 36 heavy (non-hydrogen) atoms. The van der Waals surface area contributed by atoms with Gasteiger partial charge in [0.15, 0.2) is 0 Å². The highest BCUT2D eigenvalue weighted by Gasteiger charge is 2.31. The van der Waals surface area contributed by atoms with Crippen LogP contribution in [0.5, 0.6) is 5.75 Å². The van der Waals surface area contributed by atoms with E-state index in [1.54, 1.807) is 25.1 Å². The Labute approximate surface area is 221 Å². The molecule has 3 atom stereocenters. The van der Waals surface area contributed by atoms with Crippen molar-refractivity contribution in [3.8, 4) is 5.75 Å². The number of rotatable bonds is 11. The fourth-order valence-corrected chi connectivity index (χ4v) is 6.38. The highest BCUT2D eigenvalue weighted by atomic mass is 35.5. The zero-order valence-corrected chi connectivity index (χ0v) is 22.0. The first kappa shape index (κ1) is 26.7. The summed E-state index contributed by atoms with van der Waals surface area (Å²) in [6, 6.07) is 15.4. The van der Waals surface area contributed by atoms with Crippen LogP contribution in [-0.2, 0) is 4.79 Å². The Morgan fingerprint density at radius 2 is 2.08 bits per heavy atom. The number of carbonyl (C=O) groups is 1. The third-order valence-corrected chi connectivity index (χ3v) is 8.56. The number of hydrogen-bond donors (Lipinski definition) is 2. The molecule has 1 fully saturated rings. The molecule has 2 aromatic carbocycles. The lowest BCUT2D eigenvalue weighted by Gasteiger charge is -2.38. The number of aliphatic hydroxyl groups excluding tert-OH is 1. The van der Waals surface area contributed by atoms with Crippen LogP contribution < -0.4 is 4.74 Å². The summed E-state index contributed by atoms with van der Waals surface area (Å²) >= 11 is 8.00. The quantitative estimate of drug-likeness (QED) is 0.299. The first-order valence-corrected chi connectivity index (χ1v) is 13.7. The molecule has 3 aromatic rings. The van der Waals surface area contributed by atoms with E-state index in [1.807, 2.05) is 48.5 Å². The van der Waals surface area contributed by atoms with Crippen molar-refractivity contribution in [2.75, 3.05) is 32.5 Å². The third-order valence-electron chi connectivity index (χ3n) is 7.07. The Kier molecular flexibility index (Phi) is 9.48. The molecule has 6 nitrogen and oxygen atoms in total. The van der Waals surface area contributed by atoms with Gasteiger partial charge in [0.05, 0.1) is 23.8 Å². The number of ether oxygens (including phenoxy) is 1. The predicted molar refractivity (Wildman–Crippen MR) is 145 cm³/mol. The number of carboxylic acid groups (broad SMARTS) is 1. The van der Waals surface area contributed by atoms with Crippen molar-refractivity contribution in [3.63, 3.8) is 0 Å². The maximum Gasteiger partial charge on any atom is 0.303 e. The second kappa shape index (κ2) is 12.8. The molecule has 0 amide bonds. The molecule has 0 spiro atoms. The number of benzene rings is 2. The van der Waals surface area contributed by atoms with Gasteiger partial charge in [0, 0.05) is 41.7 Å². The van der Waals surface area contributed by atoms with E-state index in [9.17, 15) is 15.0 Å². The second-order valence-corrected chi connectivity index (χ2v) is 10.9. The third kappa shape index (κ3) is 6.91. The van der Waals surface area contributed by atoms with E-state index in [0.717, 1.165) is 70.4 Å². The van der Waals surface area contributed by atoms with Crippen molar-refractivity contribution in [1.82, 2.24) is 9.88 Å². The molecule has 0 unspecified atom stereocenters. The monoisotopic (exact) mass is 528 g/mol. The number of halogens is 1. The molecule has 0 saturated carbocycles. The van der Waals surface area contributed by atoms with E-state index >= 15 is 0 Å². The van der Waals surface area contributed by atoms with Gasteiger partial charge in [-0.05, 0) is 79.6 Å². The molecule has 0 aliphatic carbocycles. The van der Waals surface area contributed by atoms with Crippen LogP contribution in [-0.4, -0.2) is 58.6 Å². The summed E-state index contributed by atoms with van der Waals surface area (Å²) in [5.74, 6) is 1.22. The largest absolute Gasteiger partial charge is 0.497 e. The summed E-state index contributed by atoms with van der Waals surface area (Å²) in [6.07, 6.45) is 3.54.